The van der Waals surface area contributed by atoms with Crippen molar-refractivity contribution in [3.63, 3.8) is 0 Å². The molecule has 0 bridgehead atoms. The minimum atomic E-state index is -4.85. The van der Waals surface area contributed by atoms with Crippen LogP contribution in [0.1, 0.15) is 48.5 Å². The Morgan fingerprint density at radius 2 is 1.06 bits per heavy atom. The first-order valence-corrected chi connectivity index (χ1v) is 5.41. The molecule has 0 N–H and O–H groups in total. The lowest BCUT2D eigenvalue weighted by Crippen LogP contribution is -2.58. The molecule has 98 valence electrons. The fourth-order valence-electron chi connectivity index (χ4n) is 1.92. The van der Waals surface area contributed by atoms with Crippen molar-refractivity contribution in [1.82, 2.24) is 0 Å². The number of hydrogen-bond acceptors (Lipinski definition) is 0. The minimum Gasteiger partial charge on any atom is -0.233 e. The molecular weight excluding hydrogens is 220 g/mol. The highest BCUT2D eigenvalue weighted by atomic mass is 19.4. The van der Waals surface area contributed by atoms with Gasteiger partial charge in [-0.15, -0.1) is 0 Å². The molecule has 0 aliphatic carbocycles. The molecule has 0 rings (SSSR count). The third-order valence-corrected chi connectivity index (χ3v) is 3.40. The third-order valence-electron chi connectivity index (χ3n) is 3.40. The second-order valence-electron chi connectivity index (χ2n) is 6.55. The summed E-state index contributed by atoms with van der Waals surface area (Å²) >= 11 is 0. The van der Waals surface area contributed by atoms with Crippen LogP contribution in [0, 0.1) is 16.7 Å². The van der Waals surface area contributed by atoms with Crippen LogP contribution in [0.5, 0.6) is 0 Å². The van der Waals surface area contributed by atoms with Crippen LogP contribution in [0.15, 0.2) is 0 Å². The van der Waals surface area contributed by atoms with Crippen LogP contribution in [0.3, 0.4) is 0 Å². The summed E-state index contributed by atoms with van der Waals surface area (Å²) in [4.78, 5) is 0. The zero-order chi connectivity index (χ0) is 13.6. The third kappa shape index (κ3) is 2.51. The van der Waals surface area contributed by atoms with Crippen molar-refractivity contribution in [2.75, 3.05) is 0 Å². The number of rotatable bonds is 1. The maximum absolute atomic E-state index is 14.6. The molecule has 0 aromatic heterocycles. The molecule has 0 aromatic rings. The molecule has 0 saturated heterocycles. The highest BCUT2D eigenvalue weighted by Crippen LogP contribution is 2.55. The highest BCUT2D eigenvalue weighted by molar-refractivity contribution is 5.03. The second kappa shape index (κ2) is 3.88. The Hall–Kier alpha value is -0.280. The van der Waals surface area contributed by atoms with E-state index in [0.29, 0.717) is 0 Å². The Morgan fingerprint density at radius 3 is 1.12 bits per heavy atom. The Balaban J connectivity index is 5.63. The van der Waals surface area contributed by atoms with Gasteiger partial charge < -0.3 is 0 Å². The second-order valence-corrected chi connectivity index (χ2v) is 6.55. The van der Waals surface area contributed by atoms with Gasteiger partial charge in [-0.05, 0) is 5.41 Å². The largest absolute Gasteiger partial charge is 0.423 e. The van der Waals surface area contributed by atoms with Crippen LogP contribution in [-0.4, -0.2) is 11.8 Å². The summed E-state index contributed by atoms with van der Waals surface area (Å²) in [6, 6.07) is 0. The predicted octanol–water partition coefficient (Wildman–Crippen LogP) is 4.99. The number of alkyl halides is 4. The quantitative estimate of drug-likeness (QED) is 0.568. The summed E-state index contributed by atoms with van der Waals surface area (Å²) in [5, 5.41) is 0. The molecule has 2 unspecified atom stereocenters. The lowest BCUT2D eigenvalue weighted by molar-refractivity contribution is -0.291. The first-order chi connectivity index (χ1) is 6.65. The van der Waals surface area contributed by atoms with Crippen molar-refractivity contribution in [1.29, 1.82) is 0 Å². The molecule has 0 aliphatic heterocycles. The summed E-state index contributed by atoms with van der Waals surface area (Å²) < 4.78 is 53.6. The van der Waals surface area contributed by atoms with E-state index in [0.717, 1.165) is 0 Å². The van der Waals surface area contributed by atoms with E-state index in [1.807, 2.05) is 0 Å². The average Bonchev–Trinajstić information content (AvgIpc) is 1.95. The van der Waals surface area contributed by atoms with Gasteiger partial charge in [0.15, 0.2) is 0 Å². The molecule has 0 spiro atoms. The summed E-state index contributed by atoms with van der Waals surface area (Å²) in [7, 11) is 0. The SMILES string of the molecule is CC(C(C)(C)C)C(F)(C(C)(C)C)C(F)(F)F. The summed E-state index contributed by atoms with van der Waals surface area (Å²) in [5.74, 6) is -1.11. The Kier molecular flexibility index (Phi) is 3.81. The van der Waals surface area contributed by atoms with Gasteiger partial charge in [-0.2, -0.15) is 13.2 Å². The van der Waals surface area contributed by atoms with Gasteiger partial charge in [-0.3, -0.25) is 0 Å². The monoisotopic (exact) mass is 242 g/mol. The van der Waals surface area contributed by atoms with Gasteiger partial charge in [0.05, 0.1) is 0 Å². The maximum atomic E-state index is 14.6. The topological polar surface area (TPSA) is 0 Å². The standard InChI is InChI=1S/C12H22F4/c1-8(9(2,3)4)11(13,10(5,6)7)12(14,15)16/h8H,1-7H3. The van der Waals surface area contributed by atoms with E-state index in [-0.39, 0.29) is 0 Å². The van der Waals surface area contributed by atoms with E-state index in [1.165, 1.54) is 27.7 Å². The smallest absolute Gasteiger partial charge is 0.233 e. The van der Waals surface area contributed by atoms with Gasteiger partial charge in [0, 0.05) is 11.3 Å². The Morgan fingerprint density at radius 1 is 0.750 bits per heavy atom. The zero-order valence-corrected chi connectivity index (χ0v) is 11.1. The van der Waals surface area contributed by atoms with Crippen LogP contribution < -0.4 is 0 Å². The lowest BCUT2D eigenvalue weighted by Gasteiger charge is -2.47. The van der Waals surface area contributed by atoms with Crippen LogP contribution in [-0.2, 0) is 0 Å². The van der Waals surface area contributed by atoms with Gasteiger partial charge in [-0.1, -0.05) is 48.5 Å². The van der Waals surface area contributed by atoms with Crippen molar-refractivity contribution in [3.8, 4) is 0 Å². The van der Waals surface area contributed by atoms with Gasteiger partial charge in [0.2, 0.25) is 5.67 Å². The molecule has 0 fully saturated rings. The van der Waals surface area contributed by atoms with E-state index in [1.54, 1.807) is 20.8 Å². The molecule has 16 heavy (non-hydrogen) atoms. The Labute approximate surface area is 95.4 Å². The molecule has 2 atom stereocenters. The highest BCUT2D eigenvalue weighted by Gasteiger charge is 2.67. The first kappa shape index (κ1) is 15.7. The molecule has 0 heterocycles. The van der Waals surface area contributed by atoms with Crippen molar-refractivity contribution < 1.29 is 17.6 Å². The molecule has 0 radical (unpaired) electrons. The predicted molar refractivity (Wildman–Crippen MR) is 58.0 cm³/mol. The van der Waals surface area contributed by atoms with E-state index in [4.69, 9.17) is 0 Å². The van der Waals surface area contributed by atoms with E-state index in [2.05, 4.69) is 0 Å². The molecule has 4 heteroatoms. The van der Waals surface area contributed by atoms with Crippen LogP contribution in [0.2, 0.25) is 0 Å². The first-order valence-electron chi connectivity index (χ1n) is 5.41. The lowest BCUT2D eigenvalue weighted by atomic mass is 9.62. The molecule has 0 aliphatic rings. The molecule has 0 saturated carbocycles. The fourth-order valence-corrected chi connectivity index (χ4v) is 1.92. The normalized spacial score (nSPS) is 20.4. The molecule has 0 aromatic carbocycles. The molecule has 0 nitrogen and oxygen atoms in total. The van der Waals surface area contributed by atoms with Crippen molar-refractivity contribution in [2.45, 2.75) is 60.3 Å². The van der Waals surface area contributed by atoms with Crippen molar-refractivity contribution >= 4 is 0 Å². The van der Waals surface area contributed by atoms with Gasteiger partial charge in [0.1, 0.15) is 0 Å². The summed E-state index contributed by atoms with van der Waals surface area (Å²) in [5.41, 5.74) is -5.40. The number of halogens is 4. The summed E-state index contributed by atoms with van der Waals surface area (Å²) in [6.45, 7) is 10.1. The van der Waals surface area contributed by atoms with Gasteiger partial charge in [0.25, 0.3) is 0 Å². The summed E-state index contributed by atoms with van der Waals surface area (Å²) in [6.07, 6.45) is -4.85. The Bertz CT molecular complexity index is 225. The number of hydrogen-bond donors (Lipinski definition) is 0. The maximum Gasteiger partial charge on any atom is 0.423 e. The average molecular weight is 242 g/mol. The molecular formula is C12H22F4. The van der Waals surface area contributed by atoms with Gasteiger partial charge in [-0.25, -0.2) is 4.39 Å². The van der Waals surface area contributed by atoms with Crippen LogP contribution >= 0.6 is 0 Å². The zero-order valence-electron chi connectivity index (χ0n) is 11.1. The van der Waals surface area contributed by atoms with E-state index in [9.17, 15) is 17.6 Å². The molecule has 0 amide bonds. The van der Waals surface area contributed by atoms with Crippen molar-refractivity contribution in [3.05, 3.63) is 0 Å². The van der Waals surface area contributed by atoms with Crippen LogP contribution in [0.25, 0.3) is 0 Å². The fraction of sp³-hybridized carbons (Fsp3) is 1.00. The van der Waals surface area contributed by atoms with E-state index >= 15 is 0 Å². The van der Waals surface area contributed by atoms with Gasteiger partial charge >= 0.3 is 6.18 Å². The van der Waals surface area contributed by atoms with Crippen LogP contribution in [0.4, 0.5) is 17.6 Å². The van der Waals surface area contributed by atoms with E-state index < -0.39 is 28.6 Å². The minimum absolute atomic E-state index is 0.739. The van der Waals surface area contributed by atoms with Crippen molar-refractivity contribution in [2.24, 2.45) is 16.7 Å².